The standard InChI is InChI=1S/C26H28N2O4S/c1-19(21-16-15-20-9-8-10-22(20)17-21)27-26(29)18-28(24-13-6-7-14-25(24)32-2)33(30,31)23-11-4-3-5-12-23/h3-7,11-17,19H,8-10,18H2,1-2H3,(H,27,29)/t19-/m1/s1. The minimum absolute atomic E-state index is 0.107. The van der Waals surface area contributed by atoms with Gasteiger partial charge in [-0.05, 0) is 67.1 Å². The smallest absolute Gasteiger partial charge is 0.264 e. The number of benzene rings is 3. The lowest BCUT2D eigenvalue weighted by atomic mass is 10.0. The summed E-state index contributed by atoms with van der Waals surface area (Å²) in [6, 6.07) is 20.9. The van der Waals surface area contributed by atoms with Gasteiger partial charge in [0.2, 0.25) is 5.91 Å². The number of hydrogen-bond acceptors (Lipinski definition) is 4. The molecule has 3 aromatic rings. The molecule has 4 rings (SSSR count). The molecule has 0 spiro atoms. The molecule has 7 heteroatoms. The monoisotopic (exact) mass is 464 g/mol. The van der Waals surface area contributed by atoms with Crippen molar-refractivity contribution >= 4 is 21.6 Å². The molecule has 0 bridgehead atoms. The zero-order chi connectivity index (χ0) is 23.4. The van der Waals surface area contributed by atoms with Crippen molar-refractivity contribution in [1.82, 2.24) is 5.32 Å². The zero-order valence-corrected chi connectivity index (χ0v) is 19.6. The van der Waals surface area contributed by atoms with E-state index in [1.165, 1.54) is 30.4 Å². The van der Waals surface area contributed by atoms with Gasteiger partial charge < -0.3 is 10.1 Å². The van der Waals surface area contributed by atoms with E-state index in [4.69, 9.17) is 4.74 Å². The second-order valence-corrected chi connectivity index (χ2v) is 10.0. The van der Waals surface area contributed by atoms with E-state index in [0.29, 0.717) is 11.4 Å². The Kier molecular flexibility index (Phi) is 6.70. The van der Waals surface area contributed by atoms with Gasteiger partial charge in [-0.3, -0.25) is 9.10 Å². The van der Waals surface area contributed by atoms with Crippen LogP contribution in [0.15, 0.2) is 77.7 Å². The van der Waals surface area contributed by atoms with Crippen molar-refractivity contribution in [3.8, 4) is 5.75 Å². The molecule has 0 aliphatic heterocycles. The summed E-state index contributed by atoms with van der Waals surface area (Å²) in [4.78, 5) is 13.2. The number of carbonyl (C=O) groups excluding carboxylic acids is 1. The Balaban J connectivity index is 1.60. The maximum atomic E-state index is 13.5. The van der Waals surface area contributed by atoms with Crippen LogP contribution in [-0.4, -0.2) is 28.0 Å². The molecular weight excluding hydrogens is 436 g/mol. The Labute approximate surface area is 195 Å². The first-order valence-corrected chi connectivity index (χ1v) is 12.5. The summed E-state index contributed by atoms with van der Waals surface area (Å²) in [7, 11) is -2.52. The highest BCUT2D eigenvalue weighted by atomic mass is 32.2. The van der Waals surface area contributed by atoms with E-state index in [1.54, 1.807) is 42.5 Å². The molecule has 33 heavy (non-hydrogen) atoms. The van der Waals surface area contributed by atoms with Crippen LogP contribution in [-0.2, 0) is 27.7 Å². The van der Waals surface area contributed by atoms with Gasteiger partial charge >= 0.3 is 0 Å². The van der Waals surface area contributed by atoms with Crippen molar-refractivity contribution < 1.29 is 17.9 Å². The van der Waals surface area contributed by atoms with Gasteiger partial charge in [0, 0.05) is 0 Å². The van der Waals surface area contributed by atoms with E-state index in [2.05, 4.69) is 17.4 Å². The number of nitrogens with zero attached hydrogens (tertiary/aromatic N) is 1. The van der Waals surface area contributed by atoms with Crippen LogP contribution < -0.4 is 14.4 Å². The number of rotatable bonds is 8. The molecule has 6 nitrogen and oxygen atoms in total. The van der Waals surface area contributed by atoms with Gasteiger partial charge in [-0.25, -0.2) is 8.42 Å². The molecule has 3 aromatic carbocycles. The first-order valence-electron chi connectivity index (χ1n) is 11.0. The summed E-state index contributed by atoms with van der Waals surface area (Å²) in [6.45, 7) is 1.54. The topological polar surface area (TPSA) is 75.7 Å². The van der Waals surface area contributed by atoms with Crippen LogP contribution >= 0.6 is 0 Å². The summed E-state index contributed by atoms with van der Waals surface area (Å²) in [5.41, 5.74) is 4.02. The summed E-state index contributed by atoms with van der Waals surface area (Å²) in [5.74, 6) is -0.0233. The third kappa shape index (κ3) is 4.88. The highest BCUT2D eigenvalue weighted by Crippen LogP contribution is 2.32. The predicted octanol–water partition coefficient (Wildman–Crippen LogP) is 4.26. The molecule has 1 N–H and O–H groups in total. The van der Waals surface area contributed by atoms with Crippen LogP contribution in [0.1, 0.15) is 36.1 Å². The van der Waals surface area contributed by atoms with E-state index in [1.807, 2.05) is 13.0 Å². The normalized spacial score (nSPS) is 13.8. The largest absolute Gasteiger partial charge is 0.495 e. The van der Waals surface area contributed by atoms with E-state index in [9.17, 15) is 13.2 Å². The van der Waals surface area contributed by atoms with Crippen LogP contribution in [0.3, 0.4) is 0 Å². The molecule has 0 saturated heterocycles. The number of methoxy groups -OCH3 is 1. The minimum Gasteiger partial charge on any atom is -0.495 e. The van der Waals surface area contributed by atoms with Gasteiger partial charge in [-0.1, -0.05) is 48.5 Å². The summed E-state index contributed by atoms with van der Waals surface area (Å²) in [6.07, 6.45) is 3.31. The number of nitrogens with one attached hydrogen (secondary N) is 1. The first-order chi connectivity index (χ1) is 15.9. The van der Waals surface area contributed by atoms with Crippen molar-refractivity contribution in [1.29, 1.82) is 0 Å². The average Bonchev–Trinajstić information content (AvgIpc) is 3.31. The molecule has 0 heterocycles. The van der Waals surface area contributed by atoms with Crippen molar-refractivity contribution in [2.45, 2.75) is 37.1 Å². The molecule has 0 saturated carbocycles. The van der Waals surface area contributed by atoms with Crippen molar-refractivity contribution in [2.24, 2.45) is 0 Å². The van der Waals surface area contributed by atoms with Gasteiger partial charge in [0.15, 0.2) is 0 Å². The predicted molar refractivity (Wildman–Crippen MR) is 129 cm³/mol. The molecule has 0 fully saturated rings. The quantitative estimate of drug-likeness (QED) is 0.541. The Bertz CT molecular complexity index is 1240. The second kappa shape index (κ2) is 9.67. The Hall–Kier alpha value is -3.32. The van der Waals surface area contributed by atoms with Crippen LogP contribution in [0.4, 0.5) is 5.69 Å². The molecule has 172 valence electrons. The van der Waals surface area contributed by atoms with Crippen molar-refractivity contribution in [3.63, 3.8) is 0 Å². The van der Waals surface area contributed by atoms with Gasteiger partial charge in [0.05, 0.1) is 23.7 Å². The number of fused-ring (bicyclic) bond motifs is 1. The summed E-state index contributed by atoms with van der Waals surface area (Å²) >= 11 is 0. The number of carbonyl (C=O) groups is 1. The third-order valence-electron chi connectivity index (χ3n) is 5.97. The maximum absolute atomic E-state index is 13.5. The lowest BCUT2D eigenvalue weighted by molar-refractivity contribution is -0.120. The average molecular weight is 465 g/mol. The Morgan fingerprint density at radius 3 is 2.45 bits per heavy atom. The number of ether oxygens (including phenoxy) is 1. The van der Waals surface area contributed by atoms with Crippen LogP contribution in [0.2, 0.25) is 0 Å². The fourth-order valence-corrected chi connectivity index (χ4v) is 5.67. The lowest BCUT2D eigenvalue weighted by Gasteiger charge is -2.26. The minimum atomic E-state index is -4.00. The van der Waals surface area contributed by atoms with E-state index >= 15 is 0 Å². The number of aryl methyl sites for hydroxylation is 2. The third-order valence-corrected chi connectivity index (χ3v) is 7.75. The summed E-state index contributed by atoms with van der Waals surface area (Å²) in [5, 5.41) is 2.96. The molecule has 1 aliphatic rings. The number of para-hydroxylation sites is 2. The lowest BCUT2D eigenvalue weighted by Crippen LogP contribution is -2.41. The van der Waals surface area contributed by atoms with Gasteiger partial charge in [0.1, 0.15) is 12.3 Å². The number of amides is 1. The zero-order valence-electron chi connectivity index (χ0n) is 18.8. The van der Waals surface area contributed by atoms with Gasteiger partial charge in [-0.15, -0.1) is 0 Å². The molecule has 0 aromatic heterocycles. The molecule has 1 aliphatic carbocycles. The maximum Gasteiger partial charge on any atom is 0.264 e. The Morgan fingerprint density at radius 2 is 1.70 bits per heavy atom. The first kappa shape index (κ1) is 22.9. The number of hydrogen-bond donors (Lipinski definition) is 1. The van der Waals surface area contributed by atoms with Crippen LogP contribution in [0, 0.1) is 0 Å². The summed E-state index contributed by atoms with van der Waals surface area (Å²) < 4.78 is 33.5. The highest BCUT2D eigenvalue weighted by molar-refractivity contribution is 7.92. The van der Waals surface area contributed by atoms with Crippen LogP contribution in [0.5, 0.6) is 5.75 Å². The van der Waals surface area contributed by atoms with E-state index in [0.717, 1.165) is 29.1 Å². The van der Waals surface area contributed by atoms with Gasteiger partial charge in [-0.2, -0.15) is 0 Å². The SMILES string of the molecule is COc1ccccc1N(CC(=O)N[C@H](C)c1ccc2c(c1)CCC2)S(=O)(=O)c1ccccc1. The molecule has 1 atom stereocenters. The number of anilines is 1. The van der Waals surface area contributed by atoms with Gasteiger partial charge in [0.25, 0.3) is 10.0 Å². The molecule has 1 amide bonds. The Morgan fingerprint density at radius 1 is 1.00 bits per heavy atom. The fraction of sp³-hybridized carbons (Fsp3) is 0.269. The highest BCUT2D eigenvalue weighted by Gasteiger charge is 2.29. The van der Waals surface area contributed by atoms with Crippen molar-refractivity contribution in [3.05, 3.63) is 89.5 Å². The van der Waals surface area contributed by atoms with Crippen LogP contribution in [0.25, 0.3) is 0 Å². The molecule has 0 unspecified atom stereocenters. The molecular formula is C26H28N2O4S. The second-order valence-electron chi connectivity index (χ2n) is 8.17. The molecule has 0 radical (unpaired) electrons. The van der Waals surface area contributed by atoms with Crippen molar-refractivity contribution in [2.75, 3.05) is 18.0 Å². The number of sulfonamides is 1. The fourth-order valence-electron chi connectivity index (χ4n) is 4.22. The van der Waals surface area contributed by atoms with E-state index < -0.39 is 15.9 Å². The van der Waals surface area contributed by atoms with E-state index in [-0.39, 0.29) is 17.5 Å².